The summed E-state index contributed by atoms with van der Waals surface area (Å²) in [5, 5.41) is 9.45. The molecular weight excluding hydrogens is 277 g/mol. The van der Waals surface area contributed by atoms with Crippen LogP contribution in [0.3, 0.4) is 0 Å². The molecule has 0 N–H and O–H groups in total. The van der Waals surface area contributed by atoms with Crippen molar-refractivity contribution in [1.29, 1.82) is 5.26 Å². The van der Waals surface area contributed by atoms with Crippen molar-refractivity contribution in [2.45, 2.75) is 51.7 Å². The summed E-state index contributed by atoms with van der Waals surface area (Å²) in [6.07, 6.45) is 4.09. The zero-order valence-corrected chi connectivity index (χ0v) is 13.7. The van der Waals surface area contributed by atoms with Gasteiger partial charge in [0.05, 0.1) is 16.8 Å². The molecule has 6 heteroatoms. The number of aromatic nitrogens is 1. The normalized spacial score (nSPS) is 22.9. The van der Waals surface area contributed by atoms with E-state index in [1.54, 1.807) is 6.20 Å². The lowest BCUT2D eigenvalue weighted by Crippen LogP contribution is -2.41. The number of hydrogen-bond acceptors (Lipinski definition) is 5. The van der Waals surface area contributed by atoms with Gasteiger partial charge in [0.1, 0.15) is 11.9 Å². The Balaban J connectivity index is 1.89. The monoisotopic (exact) mass is 299 g/mol. The molecule has 0 unspecified atom stereocenters. The lowest BCUT2D eigenvalue weighted by atomic mass is 9.79. The molecule has 2 fully saturated rings. The zero-order chi connectivity index (χ0) is 16.0. The van der Waals surface area contributed by atoms with E-state index < -0.39 is 18.3 Å². The number of nitriles is 1. The van der Waals surface area contributed by atoms with E-state index in [1.807, 2.05) is 33.8 Å². The lowest BCUT2D eigenvalue weighted by Gasteiger charge is -2.32. The molecule has 1 aromatic heterocycles. The highest BCUT2D eigenvalue weighted by Crippen LogP contribution is 2.36. The molecule has 0 amide bonds. The van der Waals surface area contributed by atoms with E-state index in [0.717, 1.165) is 37.2 Å². The summed E-state index contributed by atoms with van der Waals surface area (Å²) < 4.78 is 12.1. The molecule has 0 bridgehead atoms. The van der Waals surface area contributed by atoms with Gasteiger partial charge in [-0.3, -0.25) is 0 Å². The van der Waals surface area contributed by atoms with Gasteiger partial charge < -0.3 is 14.2 Å². The first-order valence-electron chi connectivity index (χ1n) is 7.85. The van der Waals surface area contributed by atoms with E-state index in [-0.39, 0.29) is 0 Å². The summed E-state index contributed by atoms with van der Waals surface area (Å²) in [6.45, 7) is 10.0. The standard InChI is InChI=1S/C16H22BN3O2/c1-15(2)16(3,4)22-17(21-15)13-9-12(10-18)14(19-11-13)20-7-5-6-8-20/h9,11H,5-8H2,1-4H3. The predicted octanol–water partition coefficient (Wildman–Crippen LogP) is 1.85. The SMILES string of the molecule is CC1(C)OB(c2cnc(N3CCCC3)c(C#N)c2)OC1(C)C. The third-order valence-electron chi connectivity index (χ3n) is 4.94. The van der Waals surface area contributed by atoms with Gasteiger partial charge in [0, 0.05) is 24.7 Å². The van der Waals surface area contributed by atoms with Crippen LogP contribution in [0.15, 0.2) is 12.3 Å². The van der Waals surface area contributed by atoms with Crippen molar-refractivity contribution in [2.75, 3.05) is 18.0 Å². The lowest BCUT2D eigenvalue weighted by molar-refractivity contribution is 0.00578. The van der Waals surface area contributed by atoms with Gasteiger partial charge in [0.15, 0.2) is 0 Å². The summed E-state index contributed by atoms with van der Waals surface area (Å²) in [7, 11) is -0.475. The second-order valence-electron chi connectivity index (χ2n) is 7.03. The highest BCUT2D eigenvalue weighted by molar-refractivity contribution is 6.62. The van der Waals surface area contributed by atoms with E-state index in [9.17, 15) is 5.26 Å². The fourth-order valence-corrected chi connectivity index (χ4v) is 2.84. The van der Waals surface area contributed by atoms with Gasteiger partial charge in [-0.2, -0.15) is 5.26 Å². The first-order valence-corrected chi connectivity index (χ1v) is 7.85. The first kappa shape index (κ1) is 15.3. The molecule has 5 nitrogen and oxygen atoms in total. The Morgan fingerprint density at radius 3 is 2.32 bits per heavy atom. The van der Waals surface area contributed by atoms with Crippen molar-refractivity contribution in [2.24, 2.45) is 0 Å². The highest BCUT2D eigenvalue weighted by atomic mass is 16.7. The molecule has 2 aliphatic rings. The molecule has 0 radical (unpaired) electrons. The highest BCUT2D eigenvalue weighted by Gasteiger charge is 2.51. The summed E-state index contributed by atoms with van der Waals surface area (Å²) >= 11 is 0. The maximum Gasteiger partial charge on any atom is 0.496 e. The van der Waals surface area contributed by atoms with Crippen LogP contribution in [-0.4, -0.2) is 36.4 Å². The Labute approximate surface area is 132 Å². The quantitative estimate of drug-likeness (QED) is 0.780. The number of rotatable bonds is 2. The zero-order valence-electron chi connectivity index (χ0n) is 13.7. The molecule has 3 rings (SSSR count). The molecule has 0 spiro atoms. The molecule has 22 heavy (non-hydrogen) atoms. The van der Waals surface area contributed by atoms with E-state index in [1.165, 1.54) is 0 Å². The van der Waals surface area contributed by atoms with Crippen LogP contribution in [0.1, 0.15) is 46.1 Å². The Morgan fingerprint density at radius 1 is 1.18 bits per heavy atom. The summed E-state index contributed by atoms with van der Waals surface area (Å²) in [5.41, 5.74) is 0.614. The van der Waals surface area contributed by atoms with Crippen molar-refractivity contribution < 1.29 is 9.31 Å². The van der Waals surface area contributed by atoms with Gasteiger partial charge in [-0.05, 0) is 46.6 Å². The number of nitrogens with zero attached hydrogens (tertiary/aromatic N) is 3. The Morgan fingerprint density at radius 2 is 1.77 bits per heavy atom. The van der Waals surface area contributed by atoms with Crippen LogP contribution < -0.4 is 10.4 Å². The molecular formula is C16H22BN3O2. The Kier molecular flexibility index (Phi) is 3.66. The average molecular weight is 299 g/mol. The van der Waals surface area contributed by atoms with Crippen molar-refractivity contribution in [3.8, 4) is 6.07 Å². The van der Waals surface area contributed by atoms with Crippen LogP contribution >= 0.6 is 0 Å². The van der Waals surface area contributed by atoms with Crippen molar-refractivity contribution in [3.05, 3.63) is 17.8 Å². The van der Waals surface area contributed by atoms with Gasteiger partial charge in [0.25, 0.3) is 0 Å². The Bertz CT molecular complexity index is 602. The summed E-state index contributed by atoms with van der Waals surface area (Å²) in [5.74, 6) is 0.778. The molecule has 0 aromatic carbocycles. The van der Waals surface area contributed by atoms with E-state index in [0.29, 0.717) is 5.56 Å². The minimum atomic E-state index is -0.475. The fourth-order valence-electron chi connectivity index (χ4n) is 2.84. The van der Waals surface area contributed by atoms with Gasteiger partial charge in [-0.1, -0.05) is 0 Å². The molecule has 2 saturated heterocycles. The third kappa shape index (κ3) is 2.49. The molecule has 1 aromatic rings. The molecule has 0 saturated carbocycles. The van der Waals surface area contributed by atoms with Crippen LogP contribution in [0.25, 0.3) is 0 Å². The van der Waals surface area contributed by atoms with Crippen LogP contribution in [0.5, 0.6) is 0 Å². The minimum absolute atomic E-state index is 0.391. The van der Waals surface area contributed by atoms with Crippen LogP contribution in [0, 0.1) is 11.3 Å². The van der Waals surface area contributed by atoms with Crippen LogP contribution in [0.2, 0.25) is 0 Å². The van der Waals surface area contributed by atoms with Gasteiger partial charge in [0.2, 0.25) is 0 Å². The largest absolute Gasteiger partial charge is 0.496 e. The van der Waals surface area contributed by atoms with Gasteiger partial charge in [-0.15, -0.1) is 0 Å². The second kappa shape index (κ2) is 5.25. The van der Waals surface area contributed by atoms with Crippen molar-refractivity contribution >= 4 is 18.4 Å². The molecule has 0 aliphatic carbocycles. The third-order valence-corrected chi connectivity index (χ3v) is 4.94. The predicted molar refractivity (Wildman–Crippen MR) is 86.1 cm³/mol. The van der Waals surface area contributed by atoms with Crippen molar-refractivity contribution in [1.82, 2.24) is 4.98 Å². The maximum atomic E-state index is 9.45. The molecule has 3 heterocycles. The van der Waals surface area contributed by atoms with Gasteiger partial charge >= 0.3 is 7.12 Å². The van der Waals surface area contributed by atoms with Crippen LogP contribution in [0.4, 0.5) is 5.82 Å². The van der Waals surface area contributed by atoms with Crippen LogP contribution in [-0.2, 0) is 9.31 Å². The topological polar surface area (TPSA) is 58.4 Å². The van der Waals surface area contributed by atoms with Crippen molar-refractivity contribution in [3.63, 3.8) is 0 Å². The molecule has 2 aliphatic heterocycles. The smallest absolute Gasteiger partial charge is 0.399 e. The first-order chi connectivity index (χ1) is 10.3. The Hall–Kier alpha value is -1.58. The van der Waals surface area contributed by atoms with E-state index >= 15 is 0 Å². The van der Waals surface area contributed by atoms with E-state index in [2.05, 4.69) is 16.0 Å². The number of anilines is 1. The molecule has 0 atom stereocenters. The fraction of sp³-hybridized carbons (Fsp3) is 0.625. The number of hydrogen-bond donors (Lipinski definition) is 0. The minimum Gasteiger partial charge on any atom is -0.399 e. The maximum absolute atomic E-state index is 9.45. The summed E-state index contributed by atoms with van der Waals surface area (Å²) in [6, 6.07) is 4.11. The average Bonchev–Trinajstić information content (AvgIpc) is 3.05. The van der Waals surface area contributed by atoms with Gasteiger partial charge in [-0.25, -0.2) is 4.98 Å². The van der Waals surface area contributed by atoms with E-state index in [4.69, 9.17) is 9.31 Å². The molecule has 116 valence electrons. The second-order valence-corrected chi connectivity index (χ2v) is 7.03. The number of pyridine rings is 1. The summed E-state index contributed by atoms with van der Waals surface area (Å²) in [4.78, 5) is 6.69.